The predicted molar refractivity (Wildman–Crippen MR) is 226 cm³/mol. The van der Waals surface area contributed by atoms with Crippen molar-refractivity contribution in [1.29, 1.82) is 0 Å². The Hall–Kier alpha value is -7.30. The van der Waals surface area contributed by atoms with Crippen molar-refractivity contribution >= 4 is 76.5 Å². The Morgan fingerprint density at radius 3 is 0.815 bits per heavy atom. The number of hydrogen-bond acceptors (Lipinski definition) is 0. The van der Waals surface area contributed by atoms with Gasteiger partial charge in [0.2, 0.25) is 0 Å². The fraction of sp³-hybridized carbons (Fsp3) is 0. The van der Waals surface area contributed by atoms with E-state index >= 15 is 0 Å². The van der Waals surface area contributed by atoms with Gasteiger partial charge in [-0.2, -0.15) is 0 Å². The molecule has 12 rings (SSSR count). The standard InChI is InChI=1S/C50H32N4/c1-7-25-43-37(19-1)38-20-2-8-26-44(38)51(43)33-15-13-17-35(31-33)53-47-29-11-5-23-41(47)49-42-24-6-12-30-48(42)54(50(49)53)36-18-14-16-34(32-36)52-45-27-9-3-21-39(45)40-22-4-10-28-46(40)52/h1-32H. The normalized spacial score (nSPS) is 12.1. The molecule has 0 fully saturated rings. The molecule has 0 amide bonds. The van der Waals surface area contributed by atoms with E-state index in [1.54, 1.807) is 0 Å². The number of hydrogen-bond donors (Lipinski definition) is 0. The maximum Gasteiger partial charge on any atom is 0.131 e. The van der Waals surface area contributed by atoms with Gasteiger partial charge in [-0.15, -0.1) is 0 Å². The molecule has 0 saturated heterocycles. The van der Waals surface area contributed by atoms with Crippen molar-refractivity contribution in [3.63, 3.8) is 0 Å². The molecule has 12 aromatic rings. The van der Waals surface area contributed by atoms with Crippen LogP contribution in [0, 0.1) is 0 Å². The maximum absolute atomic E-state index is 2.47. The van der Waals surface area contributed by atoms with Crippen LogP contribution in [0.2, 0.25) is 0 Å². The number of benzene rings is 8. The zero-order valence-electron chi connectivity index (χ0n) is 29.3. The lowest BCUT2D eigenvalue weighted by atomic mass is 10.1. The average molecular weight is 689 g/mol. The Morgan fingerprint density at radius 2 is 0.481 bits per heavy atom. The van der Waals surface area contributed by atoms with Gasteiger partial charge in [-0.05, 0) is 72.8 Å². The van der Waals surface area contributed by atoms with Crippen LogP contribution in [-0.2, 0) is 0 Å². The molecule has 0 atom stereocenters. The van der Waals surface area contributed by atoms with Crippen molar-refractivity contribution in [1.82, 2.24) is 18.3 Å². The summed E-state index contributed by atoms with van der Waals surface area (Å²) >= 11 is 0. The van der Waals surface area contributed by atoms with Crippen LogP contribution >= 0.6 is 0 Å². The van der Waals surface area contributed by atoms with Gasteiger partial charge in [-0.3, -0.25) is 9.13 Å². The van der Waals surface area contributed by atoms with E-state index in [1.807, 2.05) is 0 Å². The van der Waals surface area contributed by atoms with Gasteiger partial charge in [0.1, 0.15) is 5.65 Å². The lowest BCUT2D eigenvalue weighted by molar-refractivity contribution is 1.05. The van der Waals surface area contributed by atoms with Crippen LogP contribution in [0.5, 0.6) is 0 Å². The molecule has 4 heteroatoms. The summed E-state index contributed by atoms with van der Waals surface area (Å²) in [7, 11) is 0. The van der Waals surface area contributed by atoms with Gasteiger partial charge in [0, 0.05) is 60.5 Å². The quantitative estimate of drug-likeness (QED) is 0.175. The van der Waals surface area contributed by atoms with E-state index < -0.39 is 0 Å². The second kappa shape index (κ2) is 11.1. The third kappa shape index (κ3) is 3.97. The summed E-state index contributed by atoms with van der Waals surface area (Å²) in [5, 5.41) is 8.77. The Labute approximate surface area is 310 Å². The molecular formula is C50H32N4. The van der Waals surface area contributed by atoms with E-state index in [0.29, 0.717) is 0 Å². The van der Waals surface area contributed by atoms with Crippen molar-refractivity contribution in [3.8, 4) is 22.7 Å². The van der Waals surface area contributed by atoms with Crippen molar-refractivity contribution in [3.05, 3.63) is 194 Å². The van der Waals surface area contributed by atoms with E-state index in [0.717, 1.165) is 28.4 Å². The van der Waals surface area contributed by atoms with Crippen LogP contribution < -0.4 is 0 Å². The highest BCUT2D eigenvalue weighted by molar-refractivity contribution is 6.22. The Bertz CT molecular complexity index is 3120. The van der Waals surface area contributed by atoms with Gasteiger partial charge >= 0.3 is 0 Å². The molecule has 8 aromatic carbocycles. The molecule has 0 aliphatic rings. The summed E-state index contributed by atoms with van der Waals surface area (Å²) < 4.78 is 9.74. The lowest BCUT2D eigenvalue weighted by Gasteiger charge is -2.16. The third-order valence-electron chi connectivity index (χ3n) is 11.3. The SMILES string of the molecule is c1cc(-n2c3ccccc3c3ccccc32)cc(-n2c3ccccc3c3c4ccccc4n(-c4cccc(-n5c6ccccc6c6ccccc65)c4)c32)c1. The molecule has 0 aliphatic carbocycles. The van der Waals surface area contributed by atoms with E-state index in [-0.39, 0.29) is 0 Å². The number of aromatic nitrogens is 4. The first-order valence-corrected chi connectivity index (χ1v) is 18.5. The highest BCUT2D eigenvalue weighted by atomic mass is 15.1. The van der Waals surface area contributed by atoms with Gasteiger partial charge in [-0.25, -0.2) is 0 Å². The highest BCUT2D eigenvalue weighted by Gasteiger charge is 2.23. The first kappa shape index (κ1) is 29.3. The van der Waals surface area contributed by atoms with Crippen LogP contribution in [0.3, 0.4) is 0 Å². The summed E-state index contributed by atoms with van der Waals surface area (Å²) in [6.07, 6.45) is 0. The van der Waals surface area contributed by atoms with Crippen molar-refractivity contribution < 1.29 is 0 Å². The lowest BCUT2D eigenvalue weighted by Crippen LogP contribution is -2.04. The predicted octanol–water partition coefficient (Wildman–Crippen LogP) is 12.9. The number of rotatable bonds is 4. The fourth-order valence-corrected chi connectivity index (χ4v) is 9.16. The van der Waals surface area contributed by atoms with Crippen molar-refractivity contribution in [2.24, 2.45) is 0 Å². The summed E-state index contributed by atoms with van der Waals surface area (Å²) in [5.41, 5.74) is 12.8. The summed E-state index contributed by atoms with van der Waals surface area (Å²) in [6, 6.07) is 70.7. The molecule has 4 aromatic heterocycles. The van der Waals surface area contributed by atoms with Crippen LogP contribution in [0.25, 0.3) is 99.2 Å². The second-order valence-electron chi connectivity index (χ2n) is 14.2. The van der Waals surface area contributed by atoms with E-state index in [1.165, 1.54) is 70.8 Å². The zero-order chi connectivity index (χ0) is 35.3. The molecule has 0 N–H and O–H groups in total. The van der Waals surface area contributed by atoms with Crippen molar-refractivity contribution in [2.75, 3.05) is 0 Å². The summed E-state index contributed by atoms with van der Waals surface area (Å²) in [4.78, 5) is 0. The zero-order valence-corrected chi connectivity index (χ0v) is 29.3. The topological polar surface area (TPSA) is 19.7 Å². The Morgan fingerprint density at radius 1 is 0.222 bits per heavy atom. The molecule has 0 radical (unpaired) electrons. The molecule has 0 bridgehead atoms. The van der Waals surface area contributed by atoms with Crippen LogP contribution in [-0.4, -0.2) is 18.3 Å². The molecule has 0 spiro atoms. The third-order valence-corrected chi connectivity index (χ3v) is 11.3. The first-order chi connectivity index (χ1) is 26.8. The minimum atomic E-state index is 1.11. The molecule has 252 valence electrons. The molecule has 0 aliphatic heterocycles. The van der Waals surface area contributed by atoms with Crippen LogP contribution in [0.15, 0.2) is 194 Å². The second-order valence-corrected chi connectivity index (χ2v) is 14.2. The van der Waals surface area contributed by atoms with Gasteiger partial charge < -0.3 is 9.13 Å². The number of fused-ring (bicyclic) bond motifs is 11. The van der Waals surface area contributed by atoms with Gasteiger partial charge in [-0.1, -0.05) is 121 Å². The largest absolute Gasteiger partial charge is 0.309 e. The van der Waals surface area contributed by atoms with Crippen molar-refractivity contribution in [2.45, 2.75) is 0 Å². The molecule has 4 heterocycles. The smallest absolute Gasteiger partial charge is 0.131 e. The summed E-state index contributed by atoms with van der Waals surface area (Å²) in [6.45, 7) is 0. The molecule has 0 saturated carbocycles. The number of para-hydroxylation sites is 6. The van der Waals surface area contributed by atoms with Crippen LogP contribution in [0.4, 0.5) is 0 Å². The summed E-state index contributed by atoms with van der Waals surface area (Å²) in [5.74, 6) is 0. The highest BCUT2D eigenvalue weighted by Crippen LogP contribution is 2.42. The monoisotopic (exact) mass is 688 g/mol. The van der Waals surface area contributed by atoms with E-state index in [4.69, 9.17) is 0 Å². The molecule has 54 heavy (non-hydrogen) atoms. The minimum absolute atomic E-state index is 1.11. The van der Waals surface area contributed by atoms with E-state index in [2.05, 4.69) is 212 Å². The molecular weight excluding hydrogens is 657 g/mol. The molecule has 4 nitrogen and oxygen atoms in total. The van der Waals surface area contributed by atoms with Crippen LogP contribution in [0.1, 0.15) is 0 Å². The number of nitrogens with zero attached hydrogens (tertiary/aromatic N) is 4. The minimum Gasteiger partial charge on any atom is -0.309 e. The maximum atomic E-state index is 2.47. The average Bonchev–Trinajstić information content (AvgIpc) is 3.96. The Balaban J connectivity index is 1.16. The van der Waals surface area contributed by atoms with E-state index in [9.17, 15) is 0 Å². The van der Waals surface area contributed by atoms with Gasteiger partial charge in [0.25, 0.3) is 0 Å². The Kier molecular flexibility index (Phi) is 6.02. The van der Waals surface area contributed by atoms with Gasteiger partial charge in [0.05, 0.1) is 33.1 Å². The molecule has 0 unspecified atom stereocenters. The fourth-order valence-electron chi connectivity index (χ4n) is 9.16. The van der Waals surface area contributed by atoms with Gasteiger partial charge in [0.15, 0.2) is 0 Å². The first-order valence-electron chi connectivity index (χ1n) is 18.5.